The van der Waals surface area contributed by atoms with Crippen LogP contribution in [0.5, 0.6) is 0 Å². The minimum absolute atomic E-state index is 0.122. The van der Waals surface area contributed by atoms with E-state index < -0.39 is 6.03 Å². The van der Waals surface area contributed by atoms with Gasteiger partial charge in [-0.25, -0.2) is 4.79 Å². The number of hydrogen-bond donors (Lipinski definition) is 3. The van der Waals surface area contributed by atoms with Crippen LogP contribution in [0, 0.1) is 0 Å². The summed E-state index contributed by atoms with van der Waals surface area (Å²) in [5, 5.41) is 7.94. The van der Waals surface area contributed by atoms with Gasteiger partial charge >= 0.3 is 6.03 Å². The molecule has 5 N–H and O–H groups in total. The van der Waals surface area contributed by atoms with Gasteiger partial charge < -0.3 is 21.3 Å². The zero-order chi connectivity index (χ0) is 7.70. The number of aliphatic hydroxyl groups is 1. The summed E-state index contributed by atoms with van der Waals surface area (Å²) in [4.78, 5) is 9.00. The molecule has 0 aliphatic heterocycles. The molecule has 0 aliphatic rings. The summed E-state index contributed by atoms with van der Waals surface area (Å²) in [5.41, 5.74) is 8.50. The van der Waals surface area contributed by atoms with Crippen molar-refractivity contribution in [3.63, 3.8) is 0 Å². The molecule has 0 saturated carbocycles. The highest BCUT2D eigenvalue weighted by atomic mass is 16.5. The Bertz CT molecular complexity index is 60.8. The van der Waals surface area contributed by atoms with Crippen LogP contribution >= 0.6 is 0 Å². The molecule has 0 saturated heterocycles. The third kappa shape index (κ3) is 137. The van der Waals surface area contributed by atoms with Gasteiger partial charge in [-0.15, -0.1) is 0 Å². The summed E-state index contributed by atoms with van der Waals surface area (Å²) in [6, 6.07) is -0.833. The monoisotopic (exact) mass is 136 g/mol. The number of aliphatic hydroxyl groups excluding tert-OH is 1. The van der Waals surface area contributed by atoms with Crippen LogP contribution in [0.25, 0.3) is 0 Å². The zero-order valence-electron chi connectivity index (χ0n) is 5.33. The molecule has 0 unspecified atom stereocenters. The number of hydrogen-bond acceptors (Lipinski definition) is 3. The molecule has 0 rings (SSSR count). The van der Waals surface area contributed by atoms with Gasteiger partial charge in [0.2, 0.25) is 0 Å². The predicted molar refractivity (Wildman–Crippen MR) is 32.7 cm³/mol. The summed E-state index contributed by atoms with van der Waals surface area (Å²) in [6.45, 7) is 0.566. The van der Waals surface area contributed by atoms with Gasteiger partial charge in [-0.2, -0.15) is 0 Å². The van der Waals surface area contributed by atoms with Crippen molar-refractivity contribution in [3.8, 4) is 0 Å². The van der Waals surface area contributed by atoms with Gasteiger partial charge in [0.1, 0.15) is 0 Å². The van der Waals surface area contributed by atoms with Gasteiger partial charge in [-0.1, -0.05) is 0 Å². The van der Waals surface area contributed by atoms with Crippen molar-refractivity contribution in [3.05, 3.63) is 0 Å². The molecule has 0 aromatic carbocycles. The van der Waals surface area contributed by atoms with Crippen molar-refractivity contribution in [1.29, 1.82) is 0 Å². The van der Waals surface area contributed by atoms with Gasteiger partial charge in [0.15, 0.2) is 0 Å². The Balaban J connectivity index is 0. The van der Waals surface area contributed by atoms with Crippen LogP contribution < -0.4 is 11.5 Å². The maximum Gasteiger partial charge on any atom is 0.309 e. The average molecular weight is 136 g/mol. The van der Waals surface area contributed by atoms with E-state index in [1.54, 1.807) is 7.11 Å². The maximum atomic E-state index is 9.00. The number of ether oxygens (including phenoxy) is 1. The van der Waals surface area contributed by atoms with E-state index in [0.717, 1.165) is 0 Å². The Morgan fingerprint density at radius 3 is 2.00 bits per heavy atom. The van der Waals surface area contributed by atoms with E-state index in [0.29, 0.717) is 6.61 Å². The number of primary amides is 2. The molecule has 5 nitrogen and oxygen atoms in total. The summed E-state index contributed by atoms with van der Waals surface area (Å²) in [7, 11) is 1.55. The normalized spacial score (nSPS) is 7.33. The second kappa shape index (κ2) is 10.2. The summed E-state index contributed by atoms with van der Waals surface area (Å²) < 4.78 is 4.44. The van der Waals surface area contributed by atoms with Crippen molar-refractivity contribution in [2.24, 2.45) is 11.5 Å². The fourth-order valence-corrected chi connectivity index (χ4v) is 0.0913. The summed E-state index contributed by atoms with van der Waals surface area (Å²) in [5.74, 6) is 0. The van der Waals surface area contributed by atoms with Crippen molar-refractivity contribution in [1.82, 2.24) is 0 Å². The highest BCUT2D eigenvalue weighted by Crippen LogP contribution is 1.56. The van der Waals surface area contributed by atoms with E-state index in [9.17, 15) is 0 Å². The summed E-state index contributed by atoms with van der Waals surface area (Å²) >= 11 is 0. The molecule has 9 heavy (non-hydrogen) atoms. The molecule has 0 spiro atoms. The van der Waals surface area contributed by atoms with E-state index in [1.807, 2.05) is 0 Å². The Hall–Kier alpha value is -0.810. The largest absolute Gasteiger partial charge is 0.394 e. The SMILES string of the molecule is COCCO.NC(N)=O. The van der Waals surface area contributed by atoms with E-state index in [4.69, 9.17) is 9.90 Å². The number of carbonyl (C=O) groups is 1. The first-order valence-electron chi connectivity index (χ1n) is 2.29. The van der Waals surface area contributed by atoms with Crippen LogP contribution in [0.3, 0.4) is 0 Å². The van der Waals surface area contributed by atoms with Crippen molar-refractivity contribution >= 4 is 6.03 Å². The smallest absolute Gasteiger partial charge is 0.309 e. The molecule has 0 fully saturated rings. The highest BCUT2D eigenvalue weighted by Gasteiger charge is 1.67. The number of methoxy groups -OCH3 is 1. The second-order valence-electron chi connectivity index (χ2n) is 1.12. The molecule has 56 valence electrons. The molecule has 2 amide bonds. The fraction of sp³-hybridized carbons (Fsp3) is 0.750. The van der Waals surface area contributed by atoms with Gasteiger partial charge in [-0.3, -0.25) is 0 Å². The van der Waals surface area contributed by atoms with Crippen LogP contribution in [-0.2, 0) is 4.74 Å². The molecule has 5 heteroatoms. The molecular weight excluding hydrogens is 124 g/mol. The van der Waals surface area contributed by atoms with E-state index >= 15 is 0 Å². The lowest BCUT2D eigenvalue weighted by Gasteiger charge is -1.84. The Morgan fingerprint density at radius 2 is 2.00 bits per heavy atom. The zero-order valence-corrected chi connectivity index (χ0v) is 5.33. The third-order valence-electron chi connectivity index (χ3n) is 0.295. The molecule has 0 atom stereocenters. The van der Waals surface area contributed by atoms with Crippen LogP contribution in [0.1, 0.15) is 0 Å². The lowest BCUT2D eigenvalue weighted by Crippen LogP contribution is -2.18. The lowest BCUT2D eigenvalue weighted by atomic mass is 10.8. The van der Waals surface area contributed by atoms with Gasteiger partial charge in [0, 0.05) is 7.11 Å². The Kier molecular flexibility index (Phi) is 12.6. The Labute approximate surface area is 53.6 Å². The van der Waals surface area contributed by atoms with Crippen LogP contribution in [-0.4, -0.2) is 31.5 Å². The van der Waals surface area contributed by atoms with Crippen molar-refractivity contribution < 1.29 is 14.6 Å². The molecule has 0 aliphatic carbocycles. The fourth-order valence-electron chi connectivity index (χ4n) is 0.0913. The second-order valence-corrected chi connectivity index (χ2v) is 1.12. The highest BCUT2D eigenvalue weighted by molar-refractivity contribution is 5.69. The van der Waals surface area contributed by atoms with Crippen LogP contribution in [0.4, 0.5) is 4.79 Å². The van der Waals surface area contributed by atoms with Crippen LogP contribution in [0.15, 0.2) is 0 Å². The molecule has 0 bridgehead atoms. The van der Waals surface area contributed by atoms with Gasteiger partial charge in [0.25, 0.3) is 0 Å². The Morgan fingerprint density at radius 1 is 1.67 bits per heavy atom. The van der Waals surface area contributed by atoms with E-state index in [2.05, 4.69) is 16.2 Å². The average Bonchev–Trinajstić information content (AvgIpc) is 1.66. The van der Waals surface area contributed by atoms with Crippen molar-refractivity contribution in [2.45, 2.75) is 0 Å². The number of carbonyl (C=O) groups excluding carboxylic acids is 1. The van der Waals surface area contributed by atoms with Crippen LogP contribution in [0.2, 0.25) is 0 Å². The first-order valence-corrected chi connectivity index (χ1v) is 2.29. The lowest BCUT2D eigenvalue weighted by molar-refractivity contribution is 0.135. The topological polar surface area (TPSA) is 98.6 Å². The molecule has 0 radical (unpaired) electrons. The number of urea groups is 1. The molecule has 0 heterocycles. The number of nitrogens with two attached hydrogens (primary N) is 2. The van der Waals surface area contributed by atoms with Crippen molar-refractivity contribution in [2.75, 3.05) is 20.3 Å². The van der Waals surface area contributed by atoms with Gasteiger partial charge in [-0.05, 0) is 0 Å². The van der Waals surface area contributed by atoms with E-state index in [1.165, 1.54) is 0 Å². The molecular formula is C4H12N2O3. The first-order chi connectivity index (χ1) is 4.15. The third-order valence-corrected chi connectivity index (χ3v) is 0.295. The number of amides is 2. The minimum atomic E-state index is -0.833. The number of rotatable bonds is 2. The molecule has 0 aromatic rings. The predicted octanol–water partition coefficient (Wildman–Crippen LogP) is -1.35. The summed E-state index contributed by atoms with van der Waals surface area (Å²) in [6.07, 6.45) is 0. The molecule has 0 aromatic heterocycles. The quantitative estimate of drug-likeness (QED) is 0.437. The first kappa shape index (κ1) is 11.0. The van der Waals surface area contributed by atoms with Gasteiger partial charge in [0.05, 0.1) is 13.2 Å². The standard InChI is InChI=1S/C3H8O2.CH4N2O/c1-5-3-2-4;2-1(3)4/h4H,2-3H2,1H3;(H4,2,3,4). The van der Waals surface area contributed by atoms with E-state index in [-0.39, 0.29) is 6.61 Å². The minimum Gasteiger partial charge on any atom is -0.394 e. The maximum absolute atomic E-state index is 9.00.